The number of methoxy groups -OCH3 is 1. The molecule has 1 N–H and O–H groups in total. The van der Waals surface area contributed by atoms with Crippen molar-refractivity contribution in [2.75, 3.05) is 7.11 Å². The van der Waals surface area contributed by atoms with Gasteiger partial charge in [-0.05, 0) is 46.9 Å². The Morgan fingerprint density at radius 3 is 2.61 bits per heavy atom. The molecule has 0 unspecified atom stereocenters. The van der Waals surface area contributed by atoms with Crippen LogP contribution in [0.15, 0.2) is 82.4 Å². The Morgan fingerprint density at radius 1 is 1.10 bits per heavy atom. The van der Waals surface area contributed by atoms with E-state index in [0.29, 0.717) is 11.3 Å². The Labute approximate surface area is 201 Å². The molecular formula is C24H17BrIN3O2. The number of pyridine rings is 1. The standard InChI is InChI=1S/C24H17BrIN3O2/c1-31-23-16(11-17(25)12-20(23)26)14-27-29-24(30)19-13-22(15-7-3-2-4-8-15)28-21-10-6-5-9-18(19)21/h2-14H,1H3,(H,29,30)/b27-14-. The number of rotatable bonds is 5. The van der Waals surface area contributed by atoms with Crippen molar-refractivity contribution in [3.05, 3.63) is 92.0 Å². The molecule has 4 aromatic rings. The maximum absolute atomic E-state index is 13.0. The van der Waals surface area contributed by atoms with E-state index in [1.165, 1.54) is 0 Å². The Morgan fingerprint density at radius 2 is 1.84 bits per heavy atom. The Kier molecular flexibility index (Phi) is 6.62. The number of halogens is 2. The number of hydrazone groups is 1. The molecular weight excluding hydrogens is 569 g/mol. The van der Waals surface area contributed by atoms with Crippen LogP contribution in [0.3, 0.4) is 0 Å². The smallest absolute Gasteiger partial charge is 0.272 e. The van der Waals surface area contributed by atoms with Crippen molar-refractivity contribution in [1.29, 1.82) is 0 Å². The number of nitrogens with one attached hydrogen (secondary N) is 1. The number of benzene rings is 3. The van der Waals surface area contributed by atoms with E-state index in [1.807, 2.05) is 66.7 Å². The quantitative estimate of drug-likeness (QED) is 0.176. The molecule has 1 amide bonds. The van der Waals surface area contributed by atoms with Crippen LogP contribution < -0.4 is 10.2 Å². The Balaban J connectivity index is 1.68. The van der Waals surface area contributed by atoms with Gasteiger partial charge in [0.05, 0.1) is 33.7 Å². The van der Waals surface area contributed by atoms with Crippen molar-refractivity contribution < 1.29 is 9.53 Å². The highest BCUT2D eigenvalue weighted by Gasteiger charge is 2.14. The minimum Gasteiger partial charge on any atom is -0.495 e. The molecule has 3 aromatic carbocycles. The molecule has 1 aromatic heterocycles. The first-order valence-electron chi connectivity index (χ1n) is 9.38. The fourth-order valence-electron chi connectivity index (χ4n) is 3.23. The first-order chi connectivity index (χ1) is 15.1. The van der Waals surface area contributed by atoms with Gasteiger partial charge in [0.1, 0.15) is 5.75 Å². The van der Waals surface area contributed by atoms with E-state index in [9.17, 15) is 4.79 Å². The molecule has 0 aliphatic heterocycles. The van der Waals surface area contributed by atoms with Gasteiger partial charge in [-0.15, -0.1) is 0 Å². The maximum Gasteiger partial charge on any atom is 0.272 e. The third-order valence-corrected chi connectivity index (χ3v) is 5.90. The molecule has 1 heterocycles. The van der Waals surface area contributed by atoms with Crippen LogP contribution in [0, 0.1) is 3.57 Å². The third kappa shape index (κ3) is 4.77. The highest BCUT2D eigenvalue weighted by atomic mass is 127. The number of hydrogen-bond donors (Lipinski definition) is 1. The average molecular weight is 586 g/mol. The van der Waals surface area contributed by atoms with Crippen LogP contribution in [-0.2, 0) is 0 Å². The van der Waals surface area contributed by atoms with Gasteiger partial charge in [-0.2, -0.15) is 5.10 Å². The molecule has 0 radical (unpaired) electrons. The number of hydrogen-bond acceptors (Lipinski definition) is 4. The first kappa shape index (κ1) is 21.5. The number of amides is 1. The second-order valence-corrected chi connectivity index (χ2v) is 8.73. The molecule has 7 heteroatoms. The molecule has 4 rings (SSSR count). The third-order valence-electron chi connectivity index (χ3n) is 4.64. The van der Waals surface area contributed by atoms with Crippen LogP contribution in [-0.4, -0.2) is 24.2 Å². The number of ether oxygens (including phenoxy) is 1. The van der Waals surface area contributed by atoms with Crippen molar-refractivity contribution >= 4 is 61.5 Å². The lowest BCUT2D eigenvalue weighted by atomic mass is 10.0. The summed E-state index contributed by atoms with van der Waals surface area (Å²) in [6.07, 6.45) is 1.57. The second-order valence-electron chi connectivity index (χ2n) is 6.65. The van der Waals surface area contributed by atoms with E-state index >= 15 is 0 Å². The molecule has 0 saturated carbocycles. The fraction of sp³-hybridized carbons (Fsp3) is 0.0417. The van der Waals surface area contributed by atoms with E-state index in [4.69, 9.17) is 9.72 Å². The summed E-state index contributed by atoms with van der Waals surface area (Å²) in [5.74, 6) is 0.387. The summed E-state index contributed by atoms with van der Waals surface area (Å²) < 4.78 is 7.30. The monoisotopic (exact) mass is 585 g/mol. The zero-order valence-electron chi connectivity index (χ0n) is 16.5. The summed E-state index contributed by atoms with van der Waals surface area (Å²) in [5.41, 5.74) is 6.33. The first-order valence-corrected chi connectivity index (χ1v) is 11.3. The molecule has 0 aliphatic rings. The fourth-order valence-corrected chi connectivity index (χ4v) is 5.00. The molecule has 5 nitrogen and oxygen atoms in total. The average Bonchev–Trinajstić information content (AvgIpc) is 2.78. The summed E-state index contributed by atoms with van der Waals surface area (Å²) >= 11 is 5.67. The van der Waals surface area contributed by atoms with Gasteiger partial charge in [0.25, 0.3) is 5.91 Å². The molecule has 154 valence electrons. The predicted molar refractivity (Wildman–Crippen MR) is 136 cm³/mol. The number of carbonyl (C=O) groups excluding carboxylic acids is 1. The lowest BCUT2D eigenvalue weighted by Crippen LogP contribution is -2.18. The van der Waals surface area contributed by atoms with E-state index in [2.05, 4.69) is 49.0 Å². The topological polar surface area (TPSA) is 63.6 Å². The SMILES string of the molecule is COc1c(I)cc(Br)cc1/C=N\NC(=O)c1cc(-c2ccccc2)nc2ccccc12. The number of nitrogens with zero attached hydrogens (tertiary/aromatic N) is 2. The van der Waals surface area contributed by atoms with Gasteiger partial charge in [0.2, 0.25) is 0 Å². The van der Waals surface area contributed by atoms with E-state index < -0.39 is 0 Å². The minimum absolute atomic E-state index is 0.310. The molecule has 31 heavy (non-hydrogen) atoms. The highest BCUT2D eigenvalue weighted by molar-refractivity contribution is 14.1. The minimum atomic E-state index is -0.310. The van der Waals surface area contributed by atoms with Gasteiger partial charge in [-0.25, -0.2) is 10.4 Å². The highest BCUT2D eigenvalue weighted by Crippen LogP contribution is 2.28. The van der Waals surface area contributed by atoms with E-state index in [0.717, 1.165) is 35.8 Å². The lowest BCUT2D eigenvalue weighted by molar-refractivity contribution is 0.0956. The van der Waals surface area contributed by atoms with E-state index in [1.54, 1.807) is 19.4 Å². The Hall–Kier alpha value is -2.78. The maximum atomic E-state index is 13.0. The molecule has 0 bridgehead atoms. The van der Waals surface area contributed by atoms with Gasteiger partial charge in [-0.3, -0.25) is 4.79 Å². The second kappa shape index (κ2) is 9.57. The van der Waals surface area contributed by atoms with Crippen molar-refractivity contribution in [2.45, 2.75) is 0 Å². The van der Waals surface area contributed by atoms with Gasteiger partial charge in [-0.1, -0.05) is 64.5 Å². The number of fused-ring (bicyclic) bond motifs is 1. The number of carbonyl (C=O) groups is 1. The van der Waals surface area contributed by atoms with Crippen molar-refractivity contribution in [3.63, 3.8) is 0 Å². The van der Waals surface area contributed by atoms with E-state index in [-0.39, 0.29) is 5.91 Å². The zero-order chi connectivity index (χ0) is 21.8. The summed E-state index contributed by atoms with van der Waals surface area (Å²) in [6, 6.07) is 23.0. The summed E-state index contributed by atoms with van der Waals surface area (Å²) in [6.45, 7) is 0. The van der Waals surface area contributed by atoms with Crippen LogP contribution in [0.1, 0.15) is 15.9 Å². The lowest BCUT2D eigenvalue weighted by Gasteiger charge is -2.09. The largest absolute Gasteiger partial charge is 0.495 e. The van der Waals surface area contributed by atoms with Crippen molar-refractivity contribution in [1.82, 2.24) is 10.4 Å². The van der Waals surface area contributed by atoms with Gasteiger partial charge in [0, 0.05) is 21.0 Å². The van der Waals surface area contributed by atoms with Gasteiger partial charge < -0.3 is 4.74 Å². The van der Waals surface area contributed by atoms with Crippen LogP contribution in [0.2, 0.25) is 0 Å². The summed E-state index contributed by atoms with van der Waals surface area (Å²) in [4.78, 5) is 17.7. The van der Waals surface area contributed by atoms with Crippen LogP contribution >= 0.6 is 38.5 Å². The number of para-hydroxylation sites is 1. The molecule has 0 saturated heterocycles. The summed E-state index contributed by atoms with van der Waals surface area (Å²) in [5, 5.41) is 4.94. The molecule has 0 fully saturated rings. The zero-order valence-corrected chi connectivity index (χ0v) is 20.2. The normalized spacial score (nSPS) is 11.1. The van der Waals surface area contributed by atoms with Crippen LogP contribution in [0.4, 0.5) is 0 Å². The van der Waals surface area contributed by atoms with Crippen molar-refractivity contribution in [3.8, 4) is 17.0 Å². The number of aromatic nitrogens is 1. The Bertz CT molecular complexity index is 1290. The van der Waals surface area contributed by atoms with Crippen LogP contribution in [0.25, 0.3) is 22.2 Å². The van der Waals surface area contributed by atoms with Crippen LogP contribution in [0.5, 0.6) is 5.75 Å². The molecule has 0 atom stereocenters. The molecule has 0 spiro atoms. The van der Waals surface area contributed by atoms with Gasteiger partial charge >= 0.3 is 0 Å². The summed E-state index contributed by atoms with van der Waals surface area (Å²) in [7, 11) is 1.61. The predicted octanol–water partition coefficient (Wildman–Crippen LogP) is 6.04. The van der Waals surface area contributed by atoms with Gasteiger partial charge in [0.15, 0.2) is 0 Å². The van der Waals surface area contributed by atoms with Crippen molar-refractivity contribution in [2.24, 2.45) is 5.10 Å². The molecule has 0 aliphatic carbocycles.